The van der Waals surface area contributed by atoms with Gasteiger partial charge in [0.05, 0.1) is 23.6 Å². The van der Waals surface area contributed by atoms with Crippen molar-refractivity contribution in [3.63, 3.8) is 0 Å². The van der Waals surface area contributed by atoms with Crippen LogP contribution in [0.1, 0.15) is 80.8 Å². The quantitative estimate of drug-likeness (QED) is 0.376. The largest absolute Gasteiger partial charge is 0.490 e. The zero-order valence-electron chi connectivity index (χ0n) is 26.0. The Morgan fingerprint density at radius 3 is 2.73 bits per heavy atom. The molecule has 2 heterocycles. The van der Waals surface area contributed by atoms with E-state index in [0.717, 1.165) is 42.8 Å². The van der Waals surface area contributed by atoms with Crippen LogP contribution in [0.25, 0.3) is 0 Å². The number of nitrogens with one attached hydrogen (secondary N) is 1. The normalized spacial score (nSPS) is 32.5. The Labute approximate surface area is 267 Å². The van der Waals surface area contributed by atoms with Crippen molar-refractivity contribution >= 4 is 33.2 Å². The van der Waals surface area contributed by atoms with Crippen LogP contribution in [0, 0.1) is 23.7 Å². The first kappa shape index (κ1) is 31.4. The molecule has 2 aromatic rings. The minimum Gasteiger partial charge on any atom is -0.490 e. The van der Waals surface area contributed by atoms with E-state index >= 15 is 0 Å². The van der Waals surface area contributed by atoms with E-state index in [1.165, 1.54) is 11.1 Å². The van der Waals surface area contributed by atoms with Crippen molar-refractivity contribution in [2.24, 2.45) is 23.7 Å². The SMILES string of the molecule is CC(C)C[C@H]1C[C@@H](C)/C=C/[C@H](O)[C@@H]2CC[C@H]2CN2C[C@@]3(CCCc4cc(Cl)ccc43)COc3ccc(cc32)C(=O)NS1(=O)=O. The second kappa shape index (κ2) is 12.3. The predicted octanol–water partition coefficient (Wildman–Crippen LogP) is 6.27. The van der Waals surface area contributed by atoms with Gasteiger partial charge in [0.25, 0.3) is 5.91 Å². The minimum atomic E-state index is -3.95. The molecule has 1 fully saturated rings. The van der Waals surface area contributed by atoms with Crippen molar-refractivity contribution < 1.29 is 23.1 Å². The average Bonchev–Trinajstić information content (AvgIpc) is 3.10. The lowest BCUT2D eigenvalue weighted by Crippen LogP contribution is -2.49. The highest BCUT2D eigenvalue weighted by Gasteiger charge is 2.44. The Kier molecular flexibility index (Phi) is 8.81. The van der Waals surface area contributed by atoms with E-state index in [1.54, 1.807) is 18.2 Å². The van der Waals surface area contributed by atoms with Gasteiger partial charge in [-0.15, -0.1) is 0 Å². The number of sulfonamides is 1. The summed E-state index contributed by atoms with van der Waals surface area (Å²) in [4.78, 5) is 15.9. The van der Waals surface area contributed by atoms with Crippen LogP contribution in [0.3, 0.4) is 0 Å². The van der Waals surface area contributed by atoms with Gasteiger partial charge in [0.1, 0.15) is 5.75 Å². The standard InChI is InChI=1S/C35H45ClN2O5S/c1-22(2)15-28-16-23(3)6-12-32(39)29-10-7-26(29)19-38-20-35(14-4-5-24-17-27(36)9-11-30(24)35)21-43-33-13-8-25(18-31(33)38)34(40)37-44(28,41)42/h6,8-9,11-13,17-18,22-23,26,28-29,32,39H,4-5,7,10,14-16,19-21H2,1-3H3,(H,37,40)/b12-6+/t23-,26-,28-,29+,32-,35-/m0/s1. The van der Waals surface area contributed by atoms with Gasteiger partial charge in [-0.1, -0.05) is 50.6 Å². The third-order valence-corrected chi connectivity index (χ3v) is 12.3. The molecule has 2 bridgehead atoms. The molecule has 0 radical (unpaired) electrons. The number of hydrogen-bond acceptors (Lipinski definition) is 6. The zero-order chi connectivity index (χ0) is 31.2. The minimum absolute atomic E-state index is 0.0696. The van der Waals surface area contributed by atoms with Crippen molar-refractivity contribution in [1.82, 2.24) is 4.72 Å². The van der Waals surface area contributed by atoms with Gasteiger partial charge in [0, 0.05) is 29.1 Å². The van der Waals surface area contributed by atoms with Crippen molar-refractivity contribution in [3.8, 4) is 5.75 Å². The van der Waals surface area contributed by atoms with Crippen LogP contribution in [0.15, 0.2) is 48.6 Å². The molecule has 9 heteroatoms. The summed E-state index contributed by atoms with van der Waals surface area (Å²) >= 11 is 6.40. The highest BCUT2D eigenvalue weighted by molar-refractivity contribution is 7.90. The Morgan fingerprint density at radius 1 is 1.16 bits per heavy atom. The number of fused-ring (bicyclic) bond motifs is 4. The van der Waals surface area contributed by atoms with Crippen LogP contribution >= 0.6 is 11.6 Å². The summed E-state index contributed by atoms with van der Waals surface area (Å²) in [5.41, 5.74) is 3.34. The highest BCUT2D eigenvalue weighted by atomic mass is 35.5. The van der Waals surface area contributed by atoms with Gasteiger partial charge >= 0.3 is 0 Å². The number of anilines is 1. The Hall–Kier alpha value is -2.55. The number of benzene rings is 2. The molecule has 2 aliphatic heterocycles. The Morgan fingerprint density at radius 2 is 1.98 bits per heavy atom. The van der Waals surface area contributed by atoms with Crippen LogP contribution < -0.4 is 14.4 Å². The molecule has 0 unspecified atom stereocenters. The van der Waals surface area contributed by atoms with Crippen LogP contribution in [0.2, 0.25) is 5.02 Å². The lowest BCUT2D eigenvalue weighted by molar-refractivity contribution is 0.0454. The number of halogens is 1. The first-order valence-corrected chi connectivity index (χ1v) is 18.1. The van der Waals surface area contributed by atoms with E-state index in [9.17, 15) is 18.3 Å². The second-order valence-electron chi connectivity index (χ2n) is 14.1. The predicted molar refractivity (Wildman–Crippen MR) is 175 cm³/mol. The number of amides is 1. The molecule has 2 N–H and O–H groups in total. The van der Waals surface area contributed by atoms with Crippen molar-refractivity contribution in [1.29, 1.82) is 0 Å². The summed E-state index contributed by atoms with van der Waals surface area (Å²) in [6.45, 7) is 7.87. The lowest BCUT2D eigenvalue weighted by atomic mass is 9.68. The number of aliphatic hydroxyl groups is 1. The van der Waals surface area contributed by atoms with E-state index in [4.69, 9.17) is 16.3 Å². The topological polar surface area (TPSA) is 95.9 Å². The number of carbonyl (C=O) groups is 1. The van der Waals surface area contributed by atoms with Crippen LogP contribution in [-0.2, 0) is 21.9 Å². The van der Waals surface area contributed by atoms with Gasteiger partial charge in [0.2, 0.25) is 10.0 Å². The third-order valence-electron chi connectivity index (χ3n) is 10.3. The molecule has 7 nitrogen and oxygen atoms in total. The number of nitrogens with zero attached hydrogens (tertiary/aromatic N) is 1. The molecule has 6 rings (SSSR count). The molecule has 2 aliphatic carbocycles. The molecule has 1 saturated carbocycles. The fourth-order valence-corrected chi connectivity index (χ4v) is 9.83. The van der Waals surface area contributed by atoms with Gasteiger partial charge in [-0.05, 0) is 110 Å². The molecule has 0 aromatic heterocycles. The van der Waals surface area contributed by atoms with Crippen molar-refractivity contribution in [3.05, 3.63) is 70.3 Å². The first-order valence-electron chi connectivity index (χ1n) is 16.2. The van der Waals surface area contributed by atoms with Gasteiger partial charge in [-0.2, -0.15) is 0 Å². The number of allylic oxidation sites excluding steroid dienone is 1. The first-order chi connectivity index (χ1) is 20.9. The number of ether oxygens (including phenoxy) is 1. The molecule has 1 spiro atoms. The van der Waals surface area contributed by atoms with E-state index in [0.29, 0.717) is 43.9 Å². The van der Waals surface area contributed by atoms with E-state index in [1.807, 2.05) is 39.0 Å². The third kappa shape index (κ3) is 6.27. The summed E-state index contributed by atoms with van der Waals surface area (Å²) in [5, 5.41) is 11.3. The molecule has 2 aromatic carbocycles. The Bertz CT molecular complexity index is 1540. The van der Waals surface area contributed by atoms with Gasteiger partial charge in [-0.25, -0.2) is 13.1 Å². The van der Waals surface area contributed by atoms with Crippen LogP contribution in [-0.4, -0.2) is 50.5 Å². The molecule has 1 amide bonds. The summed E-state index contributed by atoms with van der Waals surface area (Å²) < 4.78 is 36.2. The van der Waals surface area contributed by atoms with E-state index in [2.05, 4.69) is 21.8 Å². The maximum atomic E-state index is 13.6. The molecule has 0 saturated heterocycles. The zero-order valence-corrected chi connectivity index (χ0v) is 27.5. The molecule has 6 atom stereocenters. The fraction of sp³-hybridized carbons (Fsp3) is 0.571. The fourth-order valence-electron chi connectivity index (χ4n) is 7.90. The summed E-state index contributed by atoms with van der Waals surface area (Å²) in [6, 6.07) is 11.4. The number of hydrogen-bond donors (Lipinski definition) is 2. The second-order valence-corrected chi connectivity index (χ2v) is 16.5. The van der Waals surface area contributed by atoms with Gasteiger partial charge in [-0.3, -0.25) is 4.79 Å². The average molecular weight is 641 g/mol. The van der Waals surface area contributed by atoms with Crippen molar-refractivity contribution in [2.75, 3.05) is 24.6 Å². The van der Waals surface area contributed by atoms with Crippen LogP contribution in [0.5, 0.6) is 5.75 Å². The maximum Gasteiger partial charge on any atom is 0.264 e. The molecule has 44 heavy (non-hydrogen) atoms. The number of aryl methyl sites for hydroxylation is 1. The van der Waals surface area contributed by atoms with Crippen LogP contribution in [0.4, 0.5) is 5.69 Å². The number of rotatable bonds is 2. The van der Waals surface area contributed by atoms with E-state index in [-0.39, 0.29) is 29.1 Å². The number of aliphatic hydroxyl groups excluding tert-OH is 1. The summed E-state index contributed by atoms with van der Waals surface area (Å²) in [7, 11) is -3.95. The number of carbonyl (C=O) groups excluding carboxylic acids is 1. The van der Waals surface area contributed by atoms with E-state index < -0.39 is 27.3 Å². The summed E-state index contributed by atoms with van der Waals surface area (Å²) in [6.07, 6.45) is 8.97. The smallest absolute Gasteiger partial charge is 0.264 e. The monoisotopic (exact) mass is 640 g/mol. The molecular weight excluding hydrogens is 596 g/mol. The van der Waals surface area contributed by atoms with Gasteiger partial charge in [0.15, 0.2) is 0 Å². The molecule has 238 valence electrons. The highest BCUT2D eigenvalue weighted by Crippen LogP contribution is 2.46. The van der Waals surface area contributed by atoms with Crippen molar-refractivity contribution in [2.45, 2.75) is 82.5 Å². The lowest BCUT2D eigenvalue weighted by Gasteiger charge is -2.45. The van der Waals surface area contributed by atoms with Gasteiger partial charge < -0.3 is 14.7 Å². The molecular formula is C35H45ClN2O5S. The Balaban J connectivity index is 1.42. The summed E-state index contributed by atoms with van der Waals surface area (Å²) in [5.74, 6) is 0.535. The molecule has 4 aliphatic rings. The maximum absolute atomic E-state index is 13.6.